The third-order valence-corrected chi connectivity index (χ3v) is 7.40. The minimum Gasteiger partial charge on any atom is -0.383 e. The zero-order valence-electron chi connectivity index (χ0n) is 20.6. The van der Waals surface area contributed by atoms with Gasteiger partial charge in [-0.05, 0) is 37.2 Å². The van der Waals surface area contributed by atoms with Gasteiger partial charge in [0, 0.05) is 44.1 Å². The molecule has 0 spiro atoms. The summed E-state index contributed by atoms with van der Waals surface area (Å²) in [7, 11) is -0.409. The zero-order valence-corrected chi connectivity index (χ0v) is 21.4. The first-order valence-electron chi connectivity index (χ1n) is 11.2. The molecule has 0 bridgehead atoms. The van der Waals surface area contributed by atoms with Crippen molar-refractivity contribution in [1.82, 2.24) is 19.9 Å². The number of benzene rings is 2. The van der Waals surface area contributed by atoms with E-state index >= 15 is 4.39 Å². The third-order valence-electron chi connectivity index (χ3n) is 5.92. The number of carbonyl (C=O) groups excluding carboxylic acids is 1. The number of aromatic nitrogens is 2. The van der Waals surface area contributed by atoms with Gasteiger partial charge < -0.3 is 4.74 Å². The van der Waals surface area contributed by atoms with Crippen molar-refractivity contribution in [2.24, 2.45) is 0 Å². The van der Waals surface area contributed by atoms with E-state index in [-0.39, 0.29) is 35.0 Å². The highest BCUT2D eigenvalue weighted by Crippen LogP contribution is 2.29. The molecule has 200 valence electrons. The maximum atomic E-state index is 15.0. The molecule has 1 atom stereocenters. The molecular formula is C24H28F2N4O6S. The van der Waals surface area contributed by atoms with Crippen LogP contribution in [0.1, 0.15) is 12.0 Å². The first-order chi connectivity index (χ1) is 17.5. The molecule has 13 heteroatoms. The highest BCUT2D eigenvalue weighted by atomic mass is 32.2. The number of halogens is 2. The molecular weight excluding hydrogens is 510 g/mol. The SMILES string of the molecule is COCCN(C)Cc1ccc(-c2cc3ncn(CC[C@H](C(=O)NO)S(C)(=O)=O)c(=O)c3cc2F)c(F)c1. The molecule has 1 aromatic heterocycles. The number of carbonyl (C=O) groups is 1. The van der Waals surface area contributed by atoms with E-state index in [0.29, 0.717) is 25.3 Å². The Morgan fingerprint density at radius 1 is 1.22 bits per heavy atom. The number of methoxy groups -OCH3 is 1. The van der Waals surface area contributed by atoms with E-state index in [2.05, 4.69) is 4.98 Å². The van der Waals surface area contributed by atoms with Crippen LogP contribution in [-0.2, 0) is 32.5 Å². The lowest BCUT2D eigenvalue weighted by atomic mass is 10.0. The zero-order chi connectivity index (χ0) is 27.3. The lowest BCUT2D eigenvalue weighted by molar-refractivity contribution is -0.128. The van der Waals surface area contributed by atoms with Crippen LogP contribution in [0.2, 0.25) is 0 Å². The van der Waals surface area contributed by atoms with Gasteiger partial charge in [0.05, 0.1) is 23.8 Å². The number of nitrogens with one attached hydrogen (secondary N) is 1. The van der Waals surface area contributed by atoms with Crippen LogP contribution >= 0.6 is 0 Å². The van der Waals surface area contributed by atoms with Crippen molar-refractivity contribution in [3.05, 3.63) is 64.2 Å². The van der Waals surface area contributed by atoms with Crippen LogP contribution in [0.15, 0.2) is 41.5 Å². The molecule has 3 aromatic rings. The minimum atomic E-state index is -3.87. The highest BCUT2D eigenvalue weighted by molar-refractivity contribution is 7.92. The smallest absolute Gasteiger partial charge is 0.261 e. The summed E-state index contributed by atoms with van der Waals surface area (Å²) in [6, 6.07) is 6.72. The summed E-state index contributed by atoms with van der Waals surface area (Å²) in [5.74, 6) is -2.59. The Balaban J connectivity index is 1.89. The number of aryl methyl sites for hydroxylation is 1. The van der Waals surface area contributed by atoms with E-state index in [9.17, 15) is 22.4 Å². The summed E-state index contributed by atoms with van der Waals surface area (Å²) in [4.78, 5) is 30.7. The van der Waals surface area contributed by atoms with E-state index in [0.717, 1.165) is 23.2 Å². The molecule has 0 aliphatic rings. The molecule has 0 aliphatic heterocycles. The second kappa shape index (κ2) is 11.9. The first kappa shape index (κ1) is 28.3. The van der Waals surface area contributed by atoms with Crippen LogP contribution in [0.5, 0.6) is 0 Å². The van der Waals surface area contributed by atoms with Crippen molar-refractivity contribution < 1.29 is 31.9 Å². The third kappa shape index (κ3) is 6.74. The Morgan fingerprint density at radius 2 is 1.92 bits per heavy atom. The molecule has 2 aromatic carbocycles. The fraction of sp³-hybridized carbons (Fsp3) is 0.375. The highest BCUT2D eigenvalue weighted by Gasteiger charge is 2.28. The Labute approximate surface area is 212 Å². The average Bonchev–Trinajstić information content (AvgIpc) is 2.83. The topological polar surface area (TPSA) is 131 Å². The molecule has 1 amide bonds. The number of sulfone groups is 1. The summed E-state index contributed by atoms with van der Waals surface area (Å²) in [6.45, 7) is 1.43. The fourth-order valence-corrected chi connectivity index (χ4v) is 4.90. The summed E-state index contributed by atoms with van der Waals surface area (Å²) < 4.78 is 59.7. The van der Waals surface area contributed by atoms with Crippen LogP contribution in [0.3, 0.4) is 0 Å². The van der Waals surface area contributed by atoms with Gasteiger partial charge in [-0.3, -0.25) is 24.3 Å². The minimum absolute atomic E-state index is 0.0136. The molecule has 0 aliphatic carbocycles. The van der Waals surface area contributed by atoms with E-state index in [1.54, 1.807) is 13.2 Å². The molecule has 0 radical (unpaired) electrons. The second-order valence-electron chi connectivity index (χ2n) is 8.72. The van der Waals surface area contributed by atoms with Crippen molar-refractivity contribution >= 4 is 26.6 Å². The van der Waals surface area contributed by atoms with Gasteiger partial charge in [0.15, 0.2) is 9.84 Å². The van der Waals surface area contributed by atoms with Gasteiger partial charge in [-0.1, -0.05) is 12.1 Å². The van der Waals surface area contributed by atoms with E-state index < -0.39 is 38.2 Å². The number of fused-ring (bicyclic) bond motifs is 1. The summed E-state index contributed by atoms with van der Waals surface area (Å²) in [5.41, 5.74) is 1.40. The Hall–Kier alpha value is -3.26. The van der Waals surface area contributed by atoms with Crippen molar-refractivity contribution in [3.8, 4) is 11.1 Å². The number of likely N-dealkylation sites (N-methyl/N-ethyl adjacent to an activating group) is 1. The van der Waals surface area contributed by atoms with Crippen molar-refractivity contribution in [2.45, 2.75) is 24.8 Å². The maximum absolute atomic E-state index is 15.0. The van der Waals surface area contributed by atoms with E-state index in [4.69, 9.17) is 9.94 Å². The van der Waals surface area contributed by atoms with Gasteiger partial charge in [0.25, 0.3) is 11.5 Å². The van der Waals surface area contributed by atoms with Gasteiger partial charge >= 0.3 is 0 Å². The lowest BCUT2D eigenvalue weighted by Crippen LogP contribution is -2.39. The van der Waals surface area contributed by atoms with Crippen LogP contribution in [0.4, 0.5) is 8.78 Å². The van der Waals surface area contributed by atoms with Crippen molar-refractivity contribution in [1.29, 1.82) is 0 Å². The molecule has 10 nitrogen and oxygen atoms in total. The number of hydrogen-bond acceptors (Lipinski definition) is 8. The average molecular weight is 539 g/mol. The van der Waals surface area contributed by atoms with Gasteiger partial charge in [-0.2, -0.15) is 0 Å². The predicted octanol–water partition coefficient (Wildman–Crippen LogP) is 1.73. The molecule has 0 fully saturated rings. The standard InChI is InChI=1S/C24H28F2N4O6S/c1-29(8-9-36-2)13-15-4-5-16(19(25)10-15)17-12-21-18(11-20(17)26)24(32)30(14-27-21)7-6-22(23(31)28-33)37(3,34)35/h4-5,10-12,14,22,33H,6-9,13H2,1-3H3,(H,28,31)/t22-/m1/s1. The summed E-state index contributed by atoms with van der Waals surface area (Å²) in [5, 5.41) is 7.11. The molecule has 0 saturated carbocycles. The summed E-state index contributed by atoms with van der Waals surface area (Å²) in [6.07, 6.45) is 1.64. The number of ether oxygens (including phenoxy) is 1. The maximum Gasteiger partial charge on any atom is 0.261 e. The van der Waals surface area contributed by atoms with Gasteiger partial charge in [0.2, 0.25) is 0 Å². The van der Waals surface area contributed by atoms with E-state index in [1.807, 2.05) is 11.9 Å². The Kier molecular flexibility index (Phi) is 9.07. The first-order valence-corrected chi connectivity index (χ1v) is 13.2. The fourth-order valence-electron chi connectivity index (χ4n) is 3.93. The normalized spacial score (nSPS) is 12.7. The number of nitrogens with zero attached hydrogens (tertiary/aromatic N) is 3. The van der Waals surface area contributed by atoms with Crippen molar-refractivity contribution in [3.63, 3.8) is 0 Å². The van der Waals surface area contributed by atoms with Crippen LogP contribution < -0.4 is 11.0 Å². The molecule has 2 N–H and O–H groups in total. The lowest BCUT2D eigenvalue weighted by Gasteiger charge is -2.17. The van der Waals surface area contributed by atoms with E-state index in [1.165, 1.54) is 23.7 Å². The van der Waals surface area contributed by atoms with Crippen LogP contribution in [0.25, 0.3) is 22.0 Å². The van der Waals surface area contributed by atoms with Gasteiger partial charge in [0.1, 0.15) is 16.9 Å². The number of hydroxylamine groups is 1. The molecule has 0 saturated heterocycles. The predicted molar refractivity (Wildman–Crippen MR) is 133 cm³/mol. The number of rotatable bonds is 11. The van der Waals surface area contributed by atoms with Gasteiger partial charge in [-0.25, -0.2) is 27.7 Å². The summed E-state index contributed by atoms with van der Waals surface area (Å²) >= 11 is 0. The quantitative estimate of drug-likeness (QED) is 0.279. The molecule has 37 heavy (non-hydrogen) atoms. The number of hydrogen-bond donors (Lipinski definition) is 2. The Morgan fingerprint density at radius 3 is 2.54 bits per heavy atom. The van der Waals surface area contributed by atoms with Gasteiger partial charge in [-0.15, -0.1) is 0 Å². The molecule has 3 rings (SSSR count). The molecule has 1 heterocycles. The van der Waals surface area contributed by atoms with Crippen molar-refractivity contribution in [2.75, 3.05) is 33.6 Å². The molecule has 0 unspecified atom stereocenters. The second-order valence-corrected chi connectivity index (χ2v) is 10.9. The van der Waals surface area contributed by atoms with Crippen LogP contribution in [-0.4, -0.2) is 72.8 Å². The largest absolute Gasteiger partial charge is 0.383 e. The Bertz CT molecular complexity index is 1460. The van der Waals surface area contributed by atoms with Crippen LogP contribution in [0, 0.1) is 11.6 Å². The monoisotopic (exact) mass is 538 g/mol. The number of amides is 1.